The summed E-state index contributed by atoms with van der Waals surface area (Å²) in [4.78, 5) is 26.4. The molecular weight excluding hydrogens is 406 g/mol. The van der Waals surface area contributed by atoms with Crippen molar-refractivity contribution < 1.29 is 23.8 Å². The number of nitrogens with one attached hydrogen (secondary N) is 1. The zero-order chi connectivity index (χ0) is 22.7. The highest BCUT2D eigenvalue weighted by molar-refractivity contribution is 6.04. The molecule has 1 aliphatic carbocycles. The average Bonchev–Trinajstić information content (AvgIpc) is 2.82. The number of benzene rings is 2. The lowest BCUT2D eigenvalue weighted by atomic mass is 9.75. The minimum atomic E-state index is -0.567. The van der Waals surface area contributed by atoms with E-state index in [0.29, 0.717) is 34.8 Å². The van der Waals surface area contributed by atoms with Crippen LogP contribution in [0.25, 0.3) is 0 Å². The van der Waals surface area contributed by atoms with Crippen molar-refractivity contribution >= 4 is 11.8 Å². The fraction of sp³-hybridized carbons (Fsp3) is 0.308. The molecule has 166 valence electrons. The second kappa shape index (κ2) is 9.30. The SMILES string of the molecule is COc1ccc(C2C(C(=O)OCc3ccccc3)=C(C)NC3=C2C(=O)CCC3)c(OC)c1. The third-order valence-corrected chi connectivity index (χ3v) is 5.96. The zero-order valence-corrected chi connectivity index (χ0v) is 18.6. The molecule has 0 aromatic heterocycles. The van der Waals surface area contributed by atoms with Gasteiger partial charge in [0, 0.05) is 35.0 Å². The van der Waals surface area contributed by atoms with Crippen LogP contribution in [0.2, 0.25) is 0 Å². The van der Waals surface area contributed by atoms with Crippen LogP contribution in [0.5, 0.6) is 11.5 Å². The maximum absolute atomic E-state index is 13.3. The van der Waals surface area contributed by atoms with Crippen molar-refractivity contribution in [3.63, 3.8) is 0 Å². The van der Waals surface area contributed by atoms with E-state index < -0.39 is 11.9 Å². The van der Waals surface area contributed by atoms with Gasteiger partial charge in [-0.1, -0.05) is 36.4 Å². The first-order valence-electron chi connectivity index (χ1n) is 10.7. The highest BCUT2D eigenvalue weighted by Crippen LogP contribution is 2.46. The molecule has 0 amide bonds. The molecule has 0 fully saturated rings. The normalized spacial score (nSPS) is 18.1. The van der Waals surface area contributed by atoms with E-state index >= 15 is 0 Å². The first-order valence-corrected chi connectivity index (χ1v) is 10.7. The number of esters is 1. The quantitative estimate of drug-likeness (QED) is 0.680. The van der Waals surface area contributed by atoms with Crippen LogP contribution in [0, 0.1) is 0 Å². The number of rotatable bonds is 6. The Bertz CT molecular complexity index is 1100. The number of allylic oxidation sites excluding steroid dienone is 3. The van der Waals surface area contributed by atoms with Crippen LogP contribution < -0.4 is 14.8 Å². The van der Waals surface area contributed by atoms with E-state index in [0.717, 1.165) is 29.7 Å². The van der Waals surface area contributed by atoms with E-state index in [9.17, 15) is 9.59 Å². The van der Waals surface area contributed by atoms with Crippen LogP contribution in [0.1, 0.15) is 43.2 Å². The zero-order valence-electron chi connectivity index (χ0n) is 18.6. The number of hydrogen-bond donors (Lipinski definition) is 1. The third-order valence-electron chi connectivity index (χ3n) is 5.96. The topological polar surface area (TPSA) is 73.9 Å². The Hall–Kier alpha value is -3.54. The molecule has 2 aromatic rings. The van der Waals surface area contributed by atoms with Crippen LogP contribution >= 0.6 is 0 Å². The van der Waals surface area contributed by atoms with Gasteiger partial charge in [-0.2, -0.15) is 0 Å². The number of ether oxygens (including phenoxy) is 3. The van der Waals surface area contributed by atoms with Gasteiger partial charge in [0.25, 0.3) is 0 Å². The fourth-order valence-electron chi connectivity index (χ4n) is 4.42. The van der Waals surface area contributed by atoms with Gasteiger partial charge in [-0.15, -0.1) is 0 Å². The standard InChI is InChI=1S/C26H27NO5/c1-16-23(26(29)32-15-17-8-5-4-6-9-17)24(25-20(27-16)10-7-11-21(25)28)19-13-12-18(30-2)14-22(19)31-3/h4-6,8-9,12-14,24,27H,7,10-11,15H2,1-3H3. The Morgan fingerprint density at radius 1 is 1.06 bits per heavy atom. The molecule has 1 N–H and O–H groups in total. The number of dihydropyridines is 1. The van der Waals surface area contributed by atoms with Gasteiger partial charge >= 0.3 is 5.97 Å². The summed E-state index contributed by atoms with van der Waals surface area (Å²) in [5.74, 6) is 0.220. The number of carbonyl (C=O) groups excluding carboxylic acids is 2. The monoisotopic (exact) mass is 433 g/mol. The molecule has 32 heavy (non-hydrogen) atoms. The molecule has 0 saturated heterocycles. The van der Waals surface area contributed by atoms with E-state index in [-0.39, 0.29) is 12.4 Å². The summed E-state index contributed by atoms with van der Waals surface area (Å²) >= 11 is 0. The molecule has 0 bridgehead atoms. The third kappa shape index (κ3) is 4.13. The Balaban J connectivity index is 1.77. The molecule has 2 aromatic carbocycles. The van der Waals surface area contributed by atoms with Gasteiger partial charge in [-0.25, -0.2) is 4.79 Å². The fourth-order valence-corrected chi connectivity index (χ4v) is 4.42. The maximum Gasteiger partial charge on any atom is 0.337 e. The van der Waals surface area contributed by atoms with Gasteiger partial charge in [-0.3, -0.25) is 4.79 Å². The average molecular weight is 434 g/mol. The summed E-state index contributed by atoms with van der Waals surface area (Å²) in [7, 11) is 3.15. The molecule has 6 nitrogen and oxygen atoms in total. The van der Waals surface area contributed by atoms with Crippen molar-refractivity contribution in [2.45, 2.75) is 38.7 Å². The Labute approximate surface area is 187 Å². The summed E-state index contributed by atoms with van der Waals surface area (Å²) in [6, 6.07) is 15.0. The van der Waals surface area contributed by atoms with Gasteiger partial charge in [0.05, 0.1) is 25.7 Å². The second-order valence-corrected chi connectivity index (χ2v) is 7.94. The molecule has 1 heterocycles. The van der Waals surface area contributed by atoms with Crippen molar-refractivity contribution in [2.24, 2.45) is 0 Å². The molecule has 0 saturated carbocycles. The van der Waals surface area contributed by atoms with Gasteiger partial charge < -0.3 is 19.5 Å². The Morgan fingerprint density at radius 2 is 1.84 bits per heavy atom. The summed E-state index contributed by atoms with van der Waals surface area (Å²) in [6.45, 7) is 2.01. The summed E-state index contributed by atoms with van der Waals surface area (Å²) in [5, 5.41) is 3.31. The molecule has 0 radical (unpaired) electrons. The lowest BCUT2D eigenvalue weighted by Crippen LogP contribution is -2.34. The van der Waals surface area contributed by atoms with Crippen LogP contribution in [-0.4, -0.2) is 26.0 Å². The highest BCUT2D eigenvalue weighted by Gasteiger charge is 2.40. The predicted octanol–water partition coefficient (Wildman–Crippen LogP) is 4.42. The first kappa shape index (κ1) is 21.7. The number of ketones is 1. The first-order chi connectivity index (χ1) is 15.5. The minimum absolute atomic E-state index is 0.0440. The number of carbonyl (C=O) groups is 2. The lowest BCUT2D eigenvalue weighted by molar-refractivity contribution is -0.140. The van der Waals surface area contributed by atoms with Crippen molar-refractivity contribution in [3.05, 3.63) is 82.2 Å². The number of Topliss-reactive ketones (excluding diaryl/α,β-unsaturated/α-hetero) is 1. The lowest BCUT2D eigenvalue weighted by Gasteiger charge is -2.34. The smallest absolute Gasteiger partial charge is 0.337 e. The van der Waals surface area contributed by atoms with Crippen LogP contribution in [-0.2, 0) is 20.9 Å². The molecule has 2 aliphatic rings. The van der Waals surface area contributed by atoms with Gasteiger partial charge in [0.2, 0.25) is 0 Å². The molecule has 0 spiro atoms. The number of methoxy groups -OCH3 is 2. The molecule has 6 heteroatoms. The molecule has 1 aliphatic heterocycles. The van der Waals surface area contributed by atoms with Crippen molar-refractivity contribution in [1.82, 2.24) is 5.32 Å². The maximum atomic E-state index is 13.3. The summed E-state index contributed by atoms with van der Waals surface area (Å²) < 4.78 is 16.7. The molecular formula is C26H27NO5. The number of hydrogen-bond acceptors (Lipinski definition) is 6. The Morgan fingerprint density at radius 3 is 2.56 bits per heavy atom. The van der Waals surface area contributed by atoms with Crippen molar-refractivity contribution in [1.29, 1.82) is 0 Å². The van der Waals surface area contributed by atoms with Crippen molar-refractivity contribution in [3.8, 4) is 11.5 Å². The largest absolute Gasteiger partial charge is 0.497 e. The minimum Gasteiger partial charge on any atom is -0.497 e. The highest BCUT2D eigenvalue weighted by atomic mass is 16.5. The molecule has 1 unspecified atom stereocenters. The molecule has 1 atom stereocenters. The second-order valence-electron chi connectivity index (χ2n) is 7.94. The van der Waals surface area contributed by atoms with E-state index in [1.165, 1.54) is 0 Å². The van der Waals surface area contributed by atoms with Crippen molar-refractivity contribution in [2.75, 3.05) is 14.2 Å². The van der Waals surface area contributed by atoms with Crippen LogP contribution in [0.4, 0.5) is 0 Å². The van der Waals surface area contributed by atoms with E-state index in [1.807, 2.05) is 49.4 Å². The van der Waals surface area contributed by atoms with E-state index in [1.54, 1.807) is 20.3 Å². The van der Waals surface area contributed by atoms with Gasteiger partial charge in [0.15, 0.2) is 5.78 Å². The summed E-state index contributed by atoms with van der Waals surface area (Å²) in [6.07, 6.45) is 2.01. The van der Waals surface area contributed by atoms with Gasteiger partial charge in [-0.05, 0) is 31.4 Å². The van der Waals surface area contributed by atoms with Gasteiger partial charge in [0.1, 0.15) is 18.1 Å². The van der Waals surface area contributed by atoms with E-state index in [2.05, 4.69) is 5.32 Å². The summed E-state index contributed by atoms with van der Waals surface area (Å²) in [5.41, 5.74) is 4.26. The van der Waals surface area contributed by atoms with Crippen LogP contribution in [0.3, 0.4) is 0 Å². The Kier molecular flexibility index (Phi) is 6.30. The molecule has 4 rings (SSSR count). The predicted molar refractivity (Wildman–Crippen MR) is 120 cm³/mol. The van der Waals surface area contributed by atoms with Crippen LogP contribution in [0.15, 0.2) is 71.1 Å². The van der Waals surface area contributed by atoms with E-state index in [4.69, 9.17) is 14.2 Å².